The number of anilines is 1. The fourth-order valence-corrected chi connectivity index (χ4v) is 3.24. The number of morpholine rings is 1. The summed E-state index contributed by atoms with van der Waals surface area (Å²) in [5, 5.41) is 1.02. The van der Waals surface area contributed by atoms with Crippen molar-refractivity contribution in [1.82, 2.24) is 4.40 Å². The van der Waals surface area contributed by atoms with E-state index < -0.39 is 0 Å². The van der Waals surface area contributed by atoms with Crippen LogP contribution in [-0.2, 0) is 9.47 Å². The molecule has 0 saturated carbocycles. The number of hydrogen-bond acceptors (Lipinski definition) is 4. The van der Waals surface area contributed by atoms with Crippen molar-refractivity contribution in [3.63, 3.8) is 0 Å². The summed E-state index contributed by atoms with van der Waals surface area (Å²) in [5.41, 5.74) is 2.55. The van der Waals surface area contributed by atoms with Crippen molar-refractivity contribution in [2.24, 2.45) is 0 Å². The number of hydrogen-bond donors (Lipinski definition) is 0. The van der Waals surface area contributed by atoms with Crippen molar-refractivity contribution in [2.45, 2.75) is 0 Å². The molecule has 118 valence electrons. The number of ether oxygens (including phenoxy) is 2. The fraction of sp³-hybridized carbons (Fsp3) is 0.278. The molecule has 1 aromatic carbocycles. The van der Waals surface area contributed by atoms with Crippen LogP contribution >= 0.6 is 0 Å². The van der Waals surface area contributed by atoms with E-state index in [0.29, 0.717) is 5.56 Å². The molecule has 5 heteroatoms. The molecule has 1 aliphatic heterocycles. The molecular weight excluding hydrogens is 292 g/mol. The monoisotopic (exact) mass is 310 g/mol. The van der Waals surface area contributed by atoms with Gasteiger partial charge in [-0.3, -0.25) is 4.40 Å². The van der Waals surface area contributed by atoms with E-state index in [4.69, 9.17) is 9.47 Å². The van der Waals surface area contributed by atoms with Gasteiger partial charge in [0.05, 0.1) is 36.9 Å². The predicted octanol–water partition coefficient (Wildman–Crippen LogP) is 2.72. The Kier molecular flexibility index (Phi) is 3.42. The van der Waals surface area contributed by atoms with Gasteiger partial charge in [0.15, 0.2) is 0 Å². The fourth-order valence-electron chi connectivity index (χ4n) is 3.24. The summed E-state index contributed by atoms with van der Waals surface area (Å²) in [6, 6.07) is 14.1. The van der Waals surface area contributed by atoms with Crippen molar-refractivity contribution >= 4 is 28.2 Å². The Balaban J connectivity index is 2.02. The lowest BCUT2D eigenvalue weighted by molar-refractivity contribution is 0.0602. The van der Waals surface area contributed by atoms with Crippen molar-refractivity contribution in [3.8, 4) is 0 Å². The Labute approximate surface area is 134 Å². The van der Waals surface area contributed by atoms with Gasteiger partial charge in [-0.1, -0.05) is 18.2 Å². The number of benzene rings is 1. The molecule has 0 bridgehead atoms. The molecule has 0 atom stereocenters. The van der Waals surface area contributed by atoms with Gasteiger partial charge in [-0.2, -0.15) is 0 Å². The minimum atomic E-state index is -0.313. The van der Waals surface area contributed by atoms with Crippen molar-refractivity contribution < 1.29 is 14.3 Å². The zero-order valence-electron chi connectivity index (χ0n) is 13.0. The van der Waals surface area contributed by atoms with Crippen LogP contribution in [0, 0.1) is 0 Å². The first-order chi connectivity index (χ1) is 11.3. The average molecular weight is 310 g/mol. The Morgan fingerprint density at radius 3 is 2.65 bits per heavy atom. The second-order valence-electron chi connectivity index (χ2n) is 5.62. The molecule has 1 saturated heterocycles. The second-order valence-corrected chi connectivity index (χ2v) is 5.62. The minimum absolute atomic E-state index is 0.313. The van der Waals surface area contributed by atoms with Crippen LogP contribution in [0.2, 0.25) is 0 Å². The Morgan fingerprint density at radius 2 is 1.87 bits per heavy atom. The number of rotatable bonds is 2. The molecule has 3 heterocycles. The van der Waals surface area contributed by atoms with Gasteiger partial charge in [0.1, 0.15) is 5.82 Å². The summed E-state index contributed by atoms with van der Waals surface area (Å²) >= 11 is 0. The van der Waals surface area contributed by atoms with Crippen LogP contribution in [0.25, 0.3) is 16.4 Å². The number of pyridine rings is 1. The second kappa shape index (κ2) is 5.59. The molecular formula is C18H18N2O3. The van der Waals surface area contributed by atoms with E-state index in [-0.39, 0.29) is 5.97 Å². The first-order valence-electron chi connectivity index (χ1n) is 7.74. The van der Waals surface area contributed by atoms with Gasteiger partial charge in [0.25, 0.3) is 0 Å². The third-order valence-corrected chi connectivity index (χ3v) is 4.35. The van der Waals surface area contributed by atoms with Crippen LogP contribution in [-0.4, -0.2) is 43.8 Å². The third-order valence-electron chi connectivity index (χ3n) is 4.35. The van der Waals surface area contributed by atoms with E-state index in [9.17, 15) is 4.79 Å². The first kappa shape index (κ1) is 14.1. The van der Waals surface area contributed by atoms with Gasteiger partial charge in [-0.15, -0.1) is 0 Å². The Hall–Kier alpha value is -2.53. The van der Waals surface area contributed by atoms with E-state index >= 15 is 0 Å². The number of nitrogens with zero attached hydrogens (tertiary/aromatic N) is 2. The van der Waals surface area contributed by atoms with E-state index in [1.165, 1.54) is 7.11 Å². The normalized spacial score (nSPS) is 15.3. The smallest absolute Gasteiger partial charge is 0.340 e. The average Bonchev–Trinajstić information content (AvgIpc) is 3.06. The first-order valence-corrected chi connectivity index (χ1v) is 7.74. The number of fused-ring (bicyclic) bond motifs is 3. The van der Waals surface area contributed by atoms with Crippen molar-refractivity contribution in [2.75, 3.05) is 38.3 Å². The molecule has 5 nitrogen and oxygen atoms in total. The highest BCUT2D eigenvalue weighted by Crippen LogP contribution is 2.29. The number of carbonyl (C=O) groups excluding carboxylic acids is 1. The summed E-state index contributed by atoms with van der Waals surface area (Å²) in [7, 11) is 1.42. The molecule has 0 unspecified atom stereocenters. The highest BCUT2D eigenvalue weighted by Gasteiger charge is 2.20. The topological polar surface area (TPSA) is 43.2 Å². The number of methoxy groups -OCH3 is 1. The van der Waals surface area contributed by atoms with Gasteiger partial charge >= 0.3 is 5.97 Å². The van der Waals surface area contributed by atoms with E-state index in [0.717, 1.165) is 48.5 Å². The summed E-state index contributed by atoms with van der Waals surface area (Å²) in [4.78, 5) is 14.5. The number of aromatic nitrogens is 1. The lowest BCUT2D eigenvalue weighted by atomic mass is 10.1. The van der Waals surface area contributed by atoms with E-state index in [1.54, 1.807) is 0 Å². The van der Waals surface area contributed by atoms with E-state index in [2.05, 4.69) is 21.4 Å². The highest BCUT2D eigenvalue weighted by molar-refractivity contribution is 6.02. The summed E-state index contributed by atoms with van der Waals surface area (Å²) < 4.78 is 12.6. The minimum Gasteiger partial charge on any atom is -0.465 e. The molecule has 0 spiro atoms. The lowest BCUT2D eigenvalue weighted by Crippen LogP contribution is -2.36. The van der Waals surface area contributed by atoms with Gasteiger partial charge in [0, 0.05) is 13.1 Å². The summed E-state index contributed by atoms with van der Waals surface area (Å²) in [5.74, 6) is 0.776. The largest absolute Gasteiger partial charge is 0.465 e. The maximum absolute atomic E-state index is 12.2. The molecule has 23 heavy (non-hydrogen) atoms. The molecule has 0 N–H and O–H groups in total. The predicted molar refractivity (Wildman–Crippen MR) is 89.3 cm³/mol. The molecule has 2 aromatic heterocycles. The summed E-state index contributed by atoms with van der Waals surface area (Å²) in [6.45, 7) is 3.15. The van der Waals surface area contributed by atoms with Gasteiger partial charge in [-0.05, 0) is 29.7 Å². The number of carbonyl (C=O) groups is 1. The standard InChI is InChI=1S/C18H18N2O3/c1-22-18(21)14-12-13-4-2-3-5-15(13)20-16(14)6-7-17(20)19-8-10-23-11-9-19/h2-7,12H,8-11H2,1H3. The zero-order valence-corrected chi connectivity index (χ0v) is 13.0. The maximum atomic E-state index is 12.2. The van der Waals surface area contributed by atoms with Crippen LogP contribution in [0.3, 0.4) is 0 Å². The van der Waals surface area contributed by atoms with Crippen LogP contribution in [0.5, 0.6) is 0 Å². The van der Waals surface area contributed by atoms with E-state index in [1.807, 2.05) is 30.3 Å². The molecule has 3 aromatic rings. The highest BCUT2D eigenvalue weighted by atomic mass is 16.5. The number of para-hydroxylation sites is 1. The Morgan fingerprint density at radius 1 is 1.09 bits per heavy atom. The van der Waals surface area contributed by atoms with Crippen LogP contribution in [0.15, 0.2) is 42.5 Å². The van der Waals surface area contributed by atoms with Gasteiger partial charge < -0.3 is 14.4 Å². The van der Waals surface area contributed by atoms with Crippen molar-refractivity contribution in [3.05, 3.63) is 48.0 Å². The lowest BCUT2D eigenvalue weighted by Gasteiger charge is -2.29. The molecule has 1 aliphatic rings. The molecule has 0 amide bonds. The van der Waals surface area contributed by atoms with Gasteiger partial charge in [-0.25, -0.2) is 4.79 Å². The molecule has 1 fully saturated rings. The maximum Gasteiger partial charge on any atom is 0.340 e. The Bertz CT molecular complexity index is 878. The number of esters is 1. The zero-order chi connectivity index (χ0) is 15.8. The molecule has 0 radical (unpaired) electrons. The molecule has 0 aliphatic carbocycles. The van der Waals surface area contributed by atoms with Crippen LogP contribution in [0.1, 0.15) is 10.4 Å². The SMILES string of the molecule is COC(=O)c1cc2ccccc2n2c(N3CCOCC3)ccc12. The van der Waals surface area contributed by atoms with Gasteiger partial charge in [0.2, 0.25) is 0 Å². The quantitative estimate of drug-likeness (QED) is 0.683. The summed E-state index contributed by atoms with van der Waals surface area (Å²) in [6.07, 6.45) is 0. The third kappa shape index (κ3) is 2.24. The van der Waals surface area contributed by atoms with Crippen LogP contribution < -0.4 is 4.90 Å². The van der Waals surface area contributed by atoms with Crippen LogP contribution in [0.4, 0.5) is 5.82 Å². The molecule has 4 rings (SSSR count). The van der Waals surface area contributed by atoms with Crippen molar-refractivity contribution in [1.29, 1.82) is 0 Å².